The van der Waals surface area contributed by atoms with Crippen molar-refractivity contribution in [3.05, 3.63) is 107 Å². The second kappa shape index (κ2) is 24.5. The van der Waals surface area contributed by atoms with Gasteiger partial charge in [0, 0.05) is 98.3 Å². The quantitative estimate of drug-likeness (QED) is 0.122. The van der Waals surface area contributed by atoms with E-state index in [0.29, 0.717) is 46.6 Å². The number of aromatic nitrogens is 4. The molecule has 2 unspecified atom stereocenters. The van der Waals surface area contributed by atoms with Gasteiger partial charge in [0.2, 0.25) is 0 Å². The van der Waals surface area contributed by atoms with Gasteiger partial charge >= 0.3 is 12.1 Å². The minimum atomic E-state index is -0.250. The molecule has 4 aromatic heterocycles. The van der Waals surface area contributed by atoms with Gasteiger partial charge in [-0.2, -0.15) is 10.5 Å². The number of carbonyl (C=O) groups is 3. The normalized spacial score (nSPS) is 17.8. The standard InChI is InChI=1S/2C26H28N6O2S.CH2O2/c2*1-17-12-21(13-18(2)28-17)24-23(20-5-3-4-19(14-20)15-27)29-25(35-24)30-26(33)32-7-6-22(16-32)31-8-10-34-11-9-31;2-1-3/h2*3-5,12-14,22H,6-11,16H2,1-2H3,(H,29,30,33);1H,(H,2,3). The van der Waals surface area contributed by atoms with E-state index in [4.69, 9.17) is 29.3 Å². The number of hydrogen-bond acceptors (Lipinski definition) is 15. The van der Waals surface area contributed by atoms with Crippen LogP contribution >= 0.6 is 22.7 Å². The number of pyridine rings is 2. The first-order chi connectivity index (χ1) is 35.4. The van der Waals surface area contributed by atoms with Crippen LogP contribution in [0.3, 0.4) is 0 Å². The molecule has 4 amide bonds. The van der Waals surface area contributed by atoms with Crippen LogP contribution in [0.5, 0.6) is 0 Å². The molecule has 0 bridgehead atoms. The van der Waals surface area contributed by atoms with Crippen molar-refractivity contribution in [3.8, 4) is 55.5 Å². The minimum absolute atomic E-state index is 0.125. The van der Waals surface area contributed by atoms with E-state index >= 15 is 0 Å². The maximum Gasteiger partial charge on any atom is 0.323 e. The zero-order valence-corrected chi connectivity index (χ0v) is 43.0. The highest BCUT2D eigenvalue weighted by Crippen LogP contribution is 2.41. The van der Waals surface area contributed by atoms with Crippen LogP contribution in [0.25, 0.3) is 43.4 Å². The van der Waals surface area contributed by atoms with Crippen molar-refractivity contribution in [1.29, 1.82) is 10.5 Å². The second-order valence-electron chi connectivity index (χ2n) is 18.1. The molecular weight excluding hydrogens is 965 g/mol. The average Bonchev–Trinajstić information content (AvgIpc) is 4.25. The molecular formula is C53H58N12O6S2. The molecule has 0 aliphatic carbocycles. The van der Waals surface area contributed by atoms with Crippen LogP contribution in [0.4, 0.5) is 19.9 Å². The van der Waals surface area contributed by atoms with Crippen LogP contribution in [0, 0.1) is 50.4 Å². The number of likely N-dealkylation sites (tertiary alicyclic amines) is 2. The molecule has 6 aromatic rings. The van der Waals surface area contributed by atoms with E-state index in [1.54, 1.807) is 12.1 Å². The van der Waals surface area contributed by atoms with Crippen molar-refractivity contribution < 1.29 is 29.0 Å². The SMILES string of the molecule is Cc1cc(-c2sc(NC(=O)N3CCC(N4CCOCC4)C3)nc2-c2cccc(C#N)c2)cc(C)n1.Cc1cc(-c2sc(NC(=O)N3CCC(N4CCOCC4)C3)nc2-c2cccc(C#N)c2)cc(C)n1.O=CO. The number of nitrogens with zero attached hydrogens (tertiary/aromatic N) is 10. The van der Waals surface area contributed by atoms with Crippen LogP contribution in [-0.2, 0) is 14.3 Å². The first-order valence-electron chi connectivity index (χ1n) is 24.2. The second-order valence-corrected chi connectivity index (χ2v) is 20.1. The number of carboxylic acid groups (broad SMARTS) is 1. The molecule has 8 heterocycles. The third kappa shape index (κ3) is 13.3. The largest absolute Gasteiger partial charge is 0.483 e. The Labute approximate surface area is 432 Å². The third-order valence-corrected chi connectivity index (χ3v) is 15.0. The summed E-state index contributed by atoms with van der Waals surface area (Å²) in [7, 11) is 0. The Kier molecular flexibility index (Phi) is 17.5. The van der Waals surface area contributed by atoms with Crippen molar-refractivity contribution in [2.75, 3.05) is 89.4 Å². The molecule has 0 radical (unpaired) electrons. The van der Waals surface area contributed by atoms with Gasteiger partial charge in [-0.05, 0) is 100 Å². The van der Waals surface area contributed by atoms with Crippen molar-refractivity contribution in [1.82, 2.24) is 39.5 Å². The number of anilines is 2. The summed E-state index contributed by atoms with van der Waals surface area (Å²) < 4.78 is 10.9. The predicted octanol–water partition coefficient (Wildman–Crippen LogP) is 8.30. The van der Waals surface area contributed by atoms with Crippen molar-refractivity contribution in [3.63, 3.8) is 0 Å². The van der Waals surface area contributed by atoms with Gasteiger partial charge in [-0.15, -0.1) is 0 Å². The molecule has 0 saturated carbocycles. The summed E-state index contributed by atoms with van der Waals surface area (Å²) in [6.07, 6.45) is 1.94. The van der Waals surface area contributed by atoms with Crippen LogP contribution in [-0.4, -0.2) is 154 Å². The van der Waals surface area contributed by atoms with Crippen molar-refractivity contribution in [2.24, 2.45) is 0 Å². The highest BCUT2D eigenvalue weighted by atomic mass is 32.1. The number of morpholine rings is 2. The number of benzene rings is 2. The van der Waals surface area contributed by atoms with Gasteiger partial charge in [-0.1, -0.05) is 46.9 Å². The van der Waals surface area contributed by atoms with Gasteiger partial charge in [0.25, 0.3) is 6.47 Å². The highest BCUT2D eigenvalue weighted by Gasteiger charge is 2.33. The number of nitrogens with one attached hydrogen (secondary N) is 2. The number of rotatable bonds is 8. The fourth-order valence-electron chi connectivity index (χ4n) is 9.61. The Balaban J connectivity index is 0.000000185. The number of aryl methyl sites for hydroxylation is 4. The van der Waals surface area contributed by atoms with Gasteiger partial charge in [0.1, 0.15) is 0 Å². The lowest BCUT2D eigenvalue weighted by Crippen LogP contribution is -2.45. The zero-order chi connectivity index (χ0) is 51.4. The molecule has 3 N–H and O–H groups in total. The lowest BCUT2D eigenvalue weighted by molar-refractivity contribution is -0.122. The number of hydrogen-bond donors (Lipinski definition) is 3. The number of thiazole rings is 2. The summed E-state index contributed by atoms with van der Waals surface area (Å²) in [6.45, 7) is 17.2. The Morgan fingerprint density at radius 2 is 0.973 bits per heavy atom. The van der Waals surface area contributed by atoms with Crippen molar-refractivity contribution >= 4 is 51.5 Å². The van der Waals surface area contributed by atoms with Gasteiger partial charge in [-0.3, -0.25) is 35.2 Å². The molecule has 10 rings (SSSR count). The first-order valence-corrected chi connectivity index (χ1v) is 25.8. The maximum absolute atomic E-state index is 13.1. The number of amides is 4. The summed E-state index contributed by atoms with van der Waals surface area (Å²) >= 11 is 2.89. The fourth-order valence-corrected chi connectivity index (χ4v) is 11.5. The summed E-state index contributed by atoms with van der Waals surface area (Å²) in [5.74, 6) is 0. The molecule has 2 aromatic carbocycles. The first kappa shape index (κ1) is 52.2. The monoisotopic (exact) mass is 1020 g/mol. The topological polar surface area (TPSA) is 226 Å². The number of urea groups is 2. The van der Waals surface area contributed by atoms with E-state index in [9.17, 15) is 20.1 Å². The highest BCUT2D eigenvalue weighted by molar-refractivity contribution is 7.20. The molecule has 0 spiro atoms. The fraction of sp³-hybridized carbons (Fsp3) is 0.377. The molecule has 2 atom stereocenters. The Hall–Kier alpha value is -7.17. The van der Waals surface area contributed by atoms with Crippen LogP contribution in [0.2, 0.25) is 0 Å². The van der Waals surface area contributed by atoms with Crippen LogP contribution in [0.1, 0.15) is 46.7 Å². The summed E-state index contributed by atoms with van der Waals surface area (Å²) in [6, 6.07) is 27.8. The summed E-state index contributed by atoms with van der Waals surface area (Å²) in [5.41, 5.74) is 10.00. The van der Waals surface area contributed by atoms with E-state index in [1.165, 1.54) is 22.7 Å². The molecule has 20 heteroatoms. The predicted molar refractivity (Wildman–Crippen MR) is 281 cm³/mol. The van der Waals surface area contributed by atoms with Crippen LogP contribution < -0.4 is 10.6 Å². The molecule has 18 nitrogen and oxygen atoms in total. The van der Waals surface area contributed by atoms with E-state index in [-0.39, 0.29) is 18.5 Å². The minimum Gasteiger partial charge on any atom is -0.483 e. The van der Waals surface area contributed by atoms with E-state index in [2.05, 4.69) is 42.5 Å². The van der Waals surface area contributed by atoms with Gasteiger partial charge in [0.15, 0.2) is 10.3 Å². The lowest BCUT2D eigenvalue weighted by Gasteiger charge is -2.32. The van der Waals surface area contributed by atoms with Gasteiger partial charge in [-0.25, -0.2) is 19.6 Å². The average molecular weight is 1020 g/mol. The van der Waals surface area contributed by atoms with E-state index in [1.807, 2.05) is 98.2 Å². The zero-order valence-electron chi connectivity index (χ0n) is 41.3. The van der Waals surface area contributed by atoms with E-state index < -0.39 is 0 Å². The third-order valence-electron chi connectivity index (χ3n) is 12.9. The summed E-state index contributed by atoms with van der Waals surface area (Å²) in [5, 5.41) is 32.8. The van der Waals surface area contributed by atoms with Gasteiger partial charge < -0.3 is 24.4 Å². The molecule has 4 fully saturated rings. The number of nitriles is 2. The van der Waals surface area contributed by atoms with Crippen molar-refractivity contribution in [2.45, 2.75) is 52.6 Å². The smallest absolute Gasteiger partial charge is 0.323 e. The molecule has 4 saturated heterocycles. The molecule has 4 aliphatic heterocycles. The number of carbonyl (C=O) groups excluding carboxylic acids is 2. The lowest BCUT2D eigenvalue weighted by atomic mass is 10.0. The molecule has 4 aliphatic rings. The van der Waals surface area contributed by atoms with Gasteiger partial charge in [0.05, 0.1) is 70.8 Å². The Morgan fingerprint density at radius 3 is 1.33 bits per heavy atom. The molecule has 73 heavy (non-hydrogen) atoms. The van der Waals surface area contributed by atoms with E-state index in [0.717, 1.165) is 145 Å². The molecule has 378 valence electrons. The Bertz CT molecular complexity index is 2770. The van der Waals surface area contributed by atoms with Crippen LogP contribution in [0.15, 0.2) is 72.8 Å². The number of ether oxygens (including phenoxy) is 2. The maximum atomic E-state index is 13.1. The Morgan fingerprint density at radius 1 is 0.603 bits per heavy atom. The summed E-state index contributed by atoms with van der Waals surface area (Å²) in [4.78, 5) is 63.7.